The SMILES string of the molecule is COc1ccc(COc2ccc(C=Nc3cccc4nsnc34)cc2)cc1. The fourth-order valence-corrected chi connectivity index (χ4v) is 3.12. The van der Waals surface area contributed by atoms with E-state index in [0.29, 0.717) is 6.61 Å². The second kappa shape index (κ2) is 7.97. The molecular weight excluding hydrogens is 358 g/mol. The fraction of sp³-hybridized carbons (Fsp3) is 0.0952. The zero-order chi connectivity index (χ0) is 18.5. The highest BCUT2D eigenvalue weighted by atomic mass is 32.1. The van der Waals surface area contributed by atoms with Gasteiger partial charge in [0, 0.05) is 6.21 Å². The van der Waals surface area contributed by atoms with Crippen molar-refractivity contribution in [3.63, 3.8) is 0 Å². The van der Waals surface area contributed by atoms with Gasteiger partial charge in [-0.15, -0.1) is 0 Å². The quantitative estimate of drug-likeness (QED) is 0.444. The maximum atomic E-state index is 5.83. The van der Waals surface area contributed by atoms with E-state index in [1.165, 1.54) is 11.7 Å². The first-order valence-corrected chi connectivity index (χ1v) is 9.16. The summed E-state index contributed by atoms with van der Waals surface area (Å²) >= 11 is 1.20. The first-order valence-electron chi connectivity index (χ1n) is 8.43. The Hall–Kier alpha value is -3.25. The first-order chi connectivity index (χ1) is 13.3. The lowest BCUT2D eigenvalue weighted by Crippen LogP contribution is -1.95. The third-order valence-electron chi connectivity index (χ3n) is 4.06. The molecule has 1 aromatic heterocycles. The van der Waals surface area contributed by atoms with E-state index in [1.807, 2.05) is 72.9 Å². The van der Waals surface area contributed by atoms with Crippen LogP contribution in [-0.4, -0.2) is 22.1 Å². The van der Waals surface area contributed by atoms with Gasteiger partial charge in [0.15, 0.2) is 0 Å². The van der Waals surface area contributed by atoms with Crippen LogP contribution in [0.1, 0.15) is 11.1 Å². The summed E-state index contributed by atoms with van der Waals surface area (Å²) in [6, 6.07) is 21.5. The molecule has 0 amide bonds. The third-order valence-corrected chi connectivity index (χ3v) is 4.60. The number of aromatic nitrogens is 2. The van der Waals surface area contributed by atoms with Gasteiger partial charge in [0.2, 0.25) is 0 Å². The Kier molecular flexibility index (Phi) is 5.07. The molecule has 0 fully saturated rings. The van der Waals surface area contributed by atoms with Gasteiger partial charge < -0.3 is 9.47 Å². The number of methoxy groups -OCH3 is 1. The lowest BCUT2D eigenvalue weighted by atomic mass is 10.2. The van der Waals surface area contributed by atoms with E-state index in [0.717, 1.165) is 39.3 Å². The number of benzene rings is 3. The highest BCUT2D eigenvalue weighted by Crippen LogP contribution is 2.24. The normalized spacial score (nSPS) is 11.1. The van der Waals surface area contributed by atoms with Gasteiger partial charge in [0.1, 0.15) is 29.1 Å². The van der Waals surface area contributed by atoms with Crippen LogP contribution in [0.5, 0.6) is 11.5 Å². The van der Waals surface area contributed by atoms with Crippen LogP contribution in [0.3, 0.4) is 0 Å². The van der Waals surface area contributed by atoms with Crippen molar-refractivity contribution >= 4 is 34.7 Å². The van der Waals surface area contributed by atoms with E-state index in [1.54, 1.807) is 7.11 Å². The molecule has 0 saturated carbocycles. The molecule has 0 aliphatic carbocycles. The van der Waals surface area contributed by atoms with E-state index >= 15 is 0 Å². The van der Waals surface area contributed by atoms with Gasteiger partial charge in [-0.25, -0.2) is 0 Å². The molecule has 6 heteroatoms. The number of fused-ring (bicyclic) bond motifs is 1. The Balaban J connectivity index is 1.40. The van der Waals surface area contributed by atoms with Gasteiger partial charge in [0.05, 0.1) is 24.5 Å². The smallest absolute Gasteiger partial charge is 0.130 e. The minimum absolute atomic E-state index is 0.510. The minimum atomic E-state index is 0.510. The van der Waals surface area contributed by atoms with Crippen molar-refractivity contribution < 1.29 is 9.47 Å². The van der Waals surface area contributed by atoms with E-state index < -0.39 is 0 Å². The Morgan fingerprint density at radius 2 is 1.70 bits per heavy atom. The van der Waals surface area contributed by atoms with E-state index in [4.69, 9.17) is 9.47 Å². The summed E-state index contributed by atoms with van der Waals surface area (Å²) in [5, 5.41) is 0. The van der Waals surface area contributed by atoms with Crippen LogP contribution in [0.15, 0.2) is 71.7 Å². The topological polar surface area (TPSA) is 56.6 Å². The number of hydrogen-bond acceptors (Lipinski definition) is 6. The van der Waals surface area contributed by atoms with Crippen LogP contribution in [0.2, 0.25) is 0 Å². The Morgan fingerprint density at radius 1 is 0.926 bits per heavy atom. The van der Waals surface area contributed by atoms with Gasteiger partial charge in [-0.05, 0) is 59.7 Å². The van der Waals surface area contributed by atoms with Gasteiger partial charge in [-0.3, -0.25) is 4.99 Å². The van der Waals surface area contributed by atoms with E-state index in [9.17, 15) is 0 Å². The molecule has 0 spiro atoms. The molecule has 1 heterocycles. The molecule has 0 unspecified atom stereocenters. The fourth-order valence-electron chi connectivity index (χ4n) is 2.58. The summed E-state index contributed by atoms with van der Waals surface area (Å²) in [5.74, 6) is 1.65. The average Bonchev–Trinajstić information content (AvgIpc) is 3.21. The summed E-state index contributed by atoms with van der Waals surface area (Å²) in [5.41, 5.74) is 4.61. The van der Waals surface area contributed by atoms with Crippen LogP contribution in [-0.2, 0) is 6.61 Å². The molecule has 3 aromatic carbocycles. The van der Waals surface area contributed by atoms with Gasteiger partial charge in [-0.1, -0.05) is 18.2 Å². The lowest BCUT2D eigenvalue weighted by molar-refractivity contribution is 0.306. The molecule has 0 radical (unpaired) electrons. The highest BCUT2D eigenvalue weighted by Gasteiger charge is 2.03. The summed E-state index contributed by atoms with van der Waals surface area (Å²) in [7, 11) is 1.66. The molecule has 0 N–H and O–H groups in total. The Bertz CT molecular complexity index is 1060. The zero-order valence-electron chi connectivity index (χ0n) is 14.7. The van der Waals surface area contributed by atoms with Crippen molar-refractivity contribution in [1.29, 1.82) is 0 Å². The van der Waals surface area contributed by atoms with Crippen molar-refractivity contribution in [3.8, 4) is 11.5 Å². The Morgan fingerprint density at radius 3 is 2.48 bits per heavy atom. The molecule has 0 saturated heterocycles. The second-order valence-electron chi connectivity index (χ2n) is 5.87. The number of rotatable bonds is 6. The largest absolute Gasteiger partial charge is 0.497 e. The summed E-state index contributed by atoms with van der Waals surface area (Å²) in [4.78, 5) is 4.54. The van der Waals surface area contributed by atoms with Crippen molar-refractivity contribution in [2.75, 3.05) is 7.11 Å². The number of hydrogen-bond donors (Lipinski definition) is 0. The van der Waals surface area contributed by atoms with Crippen molar-refractivity contribution in [2.24, 2.45) is 4.99 Å². The Labute approximate surface area is 161 Å². The number of ether oxygens (including phenoxy) is 2. The van der Waals surface area contributed by atoms with Crippen molar-refractivity contribution in [3.05, 3.63) is 77.9 Å². The van der Waals surface area contributed by atoms with Crippen molar-refractivity contribution in [2.45, 2.75) is 6.61 Å². The zero-order valence-corrected chi connectivity index (χ0v) is 15.5. The van der Waals surface area contributed by atoms with Crippen LogP contribution in [0.4, 0.5) is 5.69 Å². The van der Waals surface area contributed by atoms with Crippen molar-refractivity contribution in [1.82, 2.24) is 8.75 Å². The average molecular weight is 375 g/mol. The van der Waals surface area contributed by atoms with Crippen LogP contribution in [0, 0.1) is 0 Å². The summed E-state index contributed by atoms with van der Waals surface area (Å²) in [6.07, 6.45) is 1.82. The molecule has 4 aromatic rings. The maximum Gasteiger partial charge on any atom is 0.130 e. The molecule has 0 aliphatic rings. The molecule has 0 aliphatic heterocycles. The number of aliphatic imine (C=N–C) groups is 1. The minimum Gasteiger partial charge on any atom is -0.497 e. The van der Waals surface area contributed by atoms with E-state index in [-0.39, 0.29) is 0 Å². The van der Waals surface area contributed by atoms with Crippen LogP contribution in [0.25, 0.3) is 11.0 Å². The van der Waals surface area contributed by atoms with Gasteiger partial charge in [-0.2, -0.15) is 8.75 Å². The highest BCUT2D eigenvalue weighted by molar-refractivity contribution is 7.00. The summed E-state index contributed by atoms with van der Waals surface area (Å²) in [6.45, 7) is 0.510. The second-order valence-corrected chi connectivity index (χ2v) is 6.40. The van der Waals surface area contributed by atoms with E-state index in [2.05, 4.69) is 13.7 Å². The predicted molar refractivity (Wildman–Crippen MR) is 108 cm³/mol. The lowest BCUT2D eigenvalue weighted by Gasteiger charge is -2.07. The monoisotopic (exact) mass is 375 g/mol. The molecule has 4 rings (SSSR count). The third kappa shape index (κ3) is 4.12. The standard InChI is InChI=1S/C21H17N3O2S/c1-25-17-9-7-16(8-10-17)14-26-18-11-5-15(6-12-18)13-22-19-3-2-4-20-21(19)24-27-23-20/h2-13H,14H2,1H3. The van der Waals surface area contributed by atoms with Crippen LogP contribution >= 0.6 is 11.7 Å². The molecular formula is C21H17N3O2S. The van der Waals surface area contributed by atoms with Gasteiger partial charge in [0.25, 0.3) is 0 Å². The van der Waals surface area contributed by atoms with Crippen LogP contribution < -0.4 is 9.47 Å². The molecule has 5 nitrogen and oxygen atoms in total. The predicted octanol–water partition coefficient (Wildman–Crippen LogP) is 5.03. The first kappa shape index (κ1) is 17.2. The molecule has 134 valence electrons. The molecule has 0 atom stereocenters. The number of nitrogens with zero attached hydrogens (tertiary/aromatic N) is 3. The molecule has 0 bridgehead atoms. The maximum absolute atomic E-state index is 5.83. The molecule has 27 heavy (non-hydrogen) atoms. The summed E-state index contributed by atoms with van der Waals surface area (Å²) < 4.78 is 19.5. The van der Waals surface area contributed by atoms with Gasteiger partial charge >= 0.3 is 0 Å².